The van der Waals surface area contributed by atoms with Crippen LogP contribution in [0.2, 0.25) is 0 Å². The van der Waals surface area contributed by atoms with Crippen LogP contribution in [0.25, 0.3) is 11.1 Å². The fraction of sp³-hybridized carbons (Fsp3) is 0.143. The number of nitrogens with two attached hydrogens (primary N) is 1. The van der Waals surface area contributed by atoms with Crippen molar-refractivity contribution in [3.05, 3.63) is 59.2 Å². The van der Waals surface area contributed by atoms with Crippen molar-refractivity contribution in [2.45, 2.75) is 12.7 Å². The molecule has 0 aliphatic carbocycles. The lowest BCUT2D eigenvalue weighted by atomic mass is 10.0. The second-order valence-corrected chi connectivity index (χ2v) is 4.20. The lowest BCUT2D eigenvalue weighted by molar-refractivity contribution is -0.139. The van der Waals surface area contributed by atoms with Gasteiger partial charge in [0.25, 0.3) is 0 Å². The van der Waals surface area contributed by atoms with E-state index in [4.69, 9.17) is 5.73 Å². The Morgan fingerprint density at radius 2 is 1.40 bits per heavy atom. The summed E-state index contributed by atoms with van der Waals surface area (Å²) < 4.78 is 64.4. The Balaban J connectivity index is 2.54. The summed E-state index contributed by atoms with van der Waals surface area (Å²) in [5, 5.41) is 0. The molecule has 1 nitrogen and oxygen atoms in total. The minimum absolute atomic E-state index is 0.0764. The zero-order valence-electron chi connectivity index (χ0n) is 10.1. The van der Waals surface area contributed by atoms with Gasteiger partial charge in [-0.15, -0.1) is 0 Å². The molecule has 0 amide bonds. The van der Waals surface area contributed by atoms with Crippen LogP contribution in [0.4, 0.5) is 22.0 Å². The van der Waals surface area contributed by atoms with Crippen molar-refractivity contribution < 1.29 is 22.0 Å². The van der Waals surface area contributed by atoms with Crippen LogP contribution in [0, 0.1) is 11.6 Å². The first-order chi connectivity index (χ1) is 9.32. The molecule has 20 heavy (non-hydrogen) atoms. The van der Waals surface area contributed by atoms with Crippen molar-refractivity contribution in [3.63, 3.8) is 0 Å². The fourth-order valence-electron chi connectivity index (χ4n) is 1.83. The van der Waals surface area contributed by atoms with Gasteiger partial charge in [-0.25, -0.2) is 8.78 Å². The van der Waals surface area contributed by atoms with Crippen LogP contribution in [0.5, 0.6) is 0 Å². The standard InChI is InChI=1S/C14H10F5N/c15-12-3-1-8(5-10(12)7-20)9-2-4-13(16)11(6-9)14(17,18)19/h1-6H,7,20H2. The molecule has 0 aromatic heterocycles. The van der Waals surface area contributed by atoms with E-state index >= 15 is 0 Å². The van der Waals surface area contributed by atoms with Crippen molar-refractivity contribution >= 4 is 0 Å². The summed E-state index contributed by atoms with van der Waals surface area (Å²) >= 11 is 0. The SMILES string of the molecule is NCc1cc(-c2ccc(F)c(C(F)(F)F)c2)ccc1F. The summed E-state index contributed by atoms with van der Waals surface area (Å²) in [6.45, 7) is -0.0764. The van der Waals surface area contributed by atoms with Crippen LogP contribution < -0.4 is 5.73 Å². The van der Waals surface area contributed by atoms with Gasteiger partial charge in [0.2, 0.25) is 0 Å². The van der Waals surface area contributed by atoms with Crippen molar-refractivity contribution in [1.82, 2.24) is 0 Å². The third-order valence-electron chi connectivity index (χ3n) is 2.87. The maximum Gasteiger partial charge on any atom is 0.419 e. The summed E-state index contributed by atoms with van der Waals surface area (Å²) in [7, 11) is 0. The van der Waals surface area contributed by atoms with Crippen molar-refractivity contribution in [2.75, 3.05) is 0 Å². The number of benzene rings is 2. The van der Waals surface area contributed by atoms with Gasteiger partial charge in [0, 0.05) is 12.1 Å². The van der Waals surface area contributed by atoms with Crippen LogP contribution in [0.3, 0.4) is 0 Å². The molecule has 0 saturated carbocycles. The highest BCUT2D eigenvalue weighted by Gasteiger charge is 2.34. The molecule has 0 heterocycles. The van der Waals surface area contributed by atoms with E-state index in [-0.39, 0.29) is 17.7 Å². The van der Waals surface area contributed by atoms with Gasteiger partial charge in [-0.1, -0.05) is 12.1 Å². The van der Waals surface area contributed by atoms with E-state index in [1.165, 1.54) is 18.2 Å². The van der Waals surface area contributed by atoms with E-state index < -0.39 is 23.4 Å². The highest BCUT2D eigenvalue weighted by molar-refractivity contribution is 5.65. The second-order valence-electron chi connectivity index (χ2n) is 4.20. The summed E-state index contributed by atoms with van der Waals surface area (Å²) in [5.74, 6) is -1.88. The molecule has 0 aliphatic heterocycles. The molecule has 2 rings (SSSR count). The zero-order chi connectivity index (χ0) is 14.9. The molecule has 0 bridgehead atoms. The highest BCUT2D eigenvalue weighted by Crippen LogP contribution is 2.34. The Kier molecular flexibility index (Phi) is 3.76. The lowest BCUT2D eigenvalue weighted by Gasteiger charge is -2.11. The first kappa shape index (κ1) is 14.5. The Labute approximate surface area is 111 Å². The molecule has 0 radical (unpaired) electrons. The molecule has 0 atom stereocenters. The molecule has 2 N–H and O–H groups in total. The molecule has 0 unspecified atom stereocenters. The predicted molar refractivity (Wildman–Crippen MR) is 64.7 cm³/mol. The monoisotopic (exact) mass is 287 g/mol. The number of alkyl halides is 3. The van der Waals surface area contributed by atoms with Gasteiger partial charge in [0.1, 0.15) is 11.6 Å². The third-order valence-corrected chi connectivity index (χ3v) is 2.87. The molecule has 2 aromatic carbocycles. The van der Waals surface area contributed by atoms with Crippen molar-refractivity contribution in [3.8, 4) is 11.1 Å². The quantitative estimate of drug-likeness (QED) is 0.826. The van der Waals surface area contributed by atoms with Gasteiger partial charge >= 0.3 is 6.18 Å². The maximum absolute atomic E-state index is 13.3. The van der Waals surface area contributed by atoms with Crippen LogP contribution in [-0.2, 0) is 12.7 Å². The third kappa shape index (κ3) is 2.80. The van der Waals surface area contributed by atoms with Crippen LogP contribution in [-0.4, -0.2) is 0 Å². The lowest BCUT2D eigenvalue weighted by Crippen LogP contribution is -2.08. The number of rotatable bonds is 2. The minimum atomic E-state index is -4.78. The van der Waals surface area contributed by atoms with Gasteiger partial charge in [-0.2, -0.15) is 13.2 Å². The normalized spacial score (nSPS) is 11.7. The van der Waals surface area contributed by atoms with Crippen LogP contribution in [0.1, 0.15) is 11.1 Å². The van der Waals surface area contributed by atoms with Crippen LogP contribution in [0.15, 0.2) is 36.4 Å². The van der Waals surface area contributed by atoms with E-state index in [9.17, 15) is 22.0 Å². The minimum Gasteiger partial charge on any atom is -0.326 e. The van der Waals surface area contributed by atoms with Gasteiger partial charge in [0.15, 0.2) is 0 Å². The Bertz CT molecular complexity index is 634. The van der Waals surface area contributed by atoms with E-state index in [0.29, 0.717) is 11.6 Å². The topological polar surface area (TPSA) is 26.0 Å². The summed E-state index contributed by atoms with van der Waals surface area (Å²) in [4.78, 5) is 0. The molecule has 0 aliphatic rings. The first-order valence-corrected chi connectivity index (χ1v) is 5.68. The second kappa shape index (κ2) is 5.20. The molecule has 2 aromatic rings. The van der Waals surface area contributed by atoms with E-state index in [0.717, 1.165) is 12.1 Å². The first-order valence-electron chi connectivity index (χ1n) is 5.68. The molecular formula is C14H10F5N. The average Bonchev–Trinajstić information content (AvgIpc) is 2.38. The summed E-state index contributed by atoms with van der Waals surface area (Å²) in [6.07, 6.45) is -4.78. The molecule has 0 saturated heterocycles. The molecule has 106 valence electrons. The Hall–Kier alpha value is -1.95. The Morgan fingerprint density at radius 1 is 0.850 bits per heavy atom. The Morgan fingerprint density at radius 3 is 1.95 bits per heavy atom. The van der Waals surface area contributed by atoms with Crippen molar-refractivity contribution in [2.24, 2.45) is 5.73 Å². The molecule has 0 fully saturated rings. The average molecular weight is 287 g/mol. The summed E-state index contributed by atoms with van der Waals surface area (Å²) in [6, 6.07) is 6.43. The van der Waals surface area contributed by atoms with Gasteiger partial charge < -0.3 is 5.73 Å². The van der Waals surface area contributed by atoms with E-state index in [1.54, 1.807) is 0 Å². The predicted octanol–water partition coefficient (Wildman–Crippen LogP) is 4.11. The molecule has 0 spiro atoms. The van der Waals surface area contributed by atoms with Gasteiger partial charge in [-0.05, 0) is 35.4 Å². The zero-order valence-corrected chi connectivity index (χ0v) is 10.1. The molecule has 6 heteroatoms. The van der Waals surface area contributed by atoms with Gasteiger partial charge in [0.05, 0.1) is 5.56 Å². The largest absolute Gasteiger partial charge is 0.419 e. The summed E-state index contributed by atoms with van der Waals surface area (Å²) in [5.41, 5.74) is 4.66. The van der Waals surface area contributed by atoms with Crippen molar-refractivity contribution in [1.29, 1.82) is 0 Å². The molecular weight excluding hydrogens is 277 g/mol. The maximum atomic E-state index is 13.3. The van der Waals surface area contributed by atoms with E-state index in [2.05, 4.69) is 0 Å². The van der Waals surface area contributed by atoms with Gasteiger partial charge in [-0.3, -0.25) is 0 Å². The van der Waals surface area contributed by atoms with Crippen LogP contribution >= 0.6 is 0 Å². The van der Waals surface area contributed by atoms with E-state index in [1.807, 2.05) is 0 Å². The fourth-order valence-corrected chi connectivity index (χ4v) is 1.83. The number of hydrogen-bond acceptors (Lipinski definition) is 1. The smallest absolute Gasteiger partial charge is 0.326 e. The number of halogens is 5. The highest BCUT2D eigenvalue weighted by atomic mass is 19.4. The number of hydrogen-bond donors (Lipinski definition) is 1.